The number of rotatable bonds is 9. The molecular formula is C42H47N3O2. The van der Waals surface area contributed by atoms with E-state index in [0.717, 1.165) is 24.8 Å². The van der Waals surface area contributed by atoms with E-state index in [2.05, 4.69) is 103 Å². The molecule has 5 aliphatic carbocycles. The monoisotopic (exact) mass is 625 g/mol. The smallest absolute Gasteiger partial charge is 0.187 e. The van der Waals surface area contributed by atoms with Crippen LogP contribution < -0.4 is 10.6 Å². The van der Waals surface area contributed by atoms with E-state index >= 15 is 0 Å². The summed E-state index contributed by atoms with van der Waals surface area (Å²) >= 11 is 0. The van der Waals surface area contributed by atoms with Crippen LogP contribution in [-0.4, -0.2) is 30.1 Å². The highest BCUT2D eigenvalue weighted by Crippen LogP contribution is 2.68. The number of nitrogens with zero attached hydrogens (tertiary/aromatic N) is 1. The van der Waals surface area contributed by atoms with Gasteiger partial charge in [-0.15, -0.1) is 0 Å². The van der Waals surface area contributed by atoms with Crippen LogP contribution in [0.1, 0.15) is 75.0 Å². The maximum Gasteiger partial charge on any atom is 0.187 e. The first-order valence-corrected chi connectivity index (χ1v) is 17.9. The largest absolute Gasteiger partial charge is 0.507 e. The second-order valence-electron chi connectivity index (χ2n) is 14.1. The van der Waals surface area contributed by atoms with Crippen LogP contribution >= 0.6 is 0 Å². The fraction of sp³-hybridized carbons (Fsp3) is 0.405. The minimum Gasteiger partial charge on any atom is -0.507 e. The molecule has 0 amide bonds. The van der Waals surface area contributed by atoms with Crippen LogP contribution in [0.25, 0.3) is 0 Å². The lowest BCUT2D eigenvalue weighted by molar-refractivity contribution is -0.0109. The van der Waals surface area contributed by atoms with E-state index in [-0.39, 0.29) is 23.2 Å². The highest BCUT2D eigenvalue weighted by molar-refractivity contribution is 6.01. The summed E-state index contributed by atoms with van der Waals surface area (Å²) in [7, 11) is 0. The number of aromatic hydroxyl groups is 1. The average molecular weight is 626 g/mol. The summed E-state index contributed by atoms with van der Waals surface area (Å²) in [6, 6.07) is 16.6. The van der Waals surface area contributed by atoms with Crippen molar-refractivity contribution in [2.45, 2.75) is 76.2 Å². The Morgan fingerprint density at radius 1 is 0.979 bits per heavy atom. The summed E-state index contributed by atoms with van der Waals surface area (Å²) < 4.78 is 6.55. The molecule has 2 aromatic carbocycles. The standard InChI is InChI=1S/C42H47N3O2/c1-3-5-14-27(4-2)26-47-41-44-39(43-40(45-41)33-18-9-13-22-38(33)46)28-23-24-32-31-17-8-12-21-36(31)42(37(32)25-28)34-19-10-6-15-29(34)30-16-7-11-20-35(30)42/h6,8-13,15,17-25,27,29,32,34,37,39,41,44,46H,3-5,7,14,16,26H2,1-2H3,(H,43,45). The number of para-hydroxylation sites is 1. The van der Waals surface area contributed by atoms with Crippen LogP contribution in [-0.2, 0) is 10.2 Å². The molecule has 0 radical (unpaired) electrons. The summed E-state index contributed by atoms with van der Waals surface area (Å²) in [5.41, 5.74) is 7.81. The summed E-state index contributed by atoms with van der Waals surface area (Å²) in [5, 5.41) is 18.0. The van der Waals surface area contributed by atoms with Gasteiger partial charge in [0, 0.05) is 29.1 Å². The third kappa shape index (κ3) is 5.01. The molecule has 1 heterocycles. The molecule has 0 bridgehead atoms. The number of phenolic OH excluding ortho intramolecular Hbond substituents is 1. The zero-order valence-electron chi connectivity index (χ0n) is 27.6. The normalized spacial score (nSPS) is 32.0. The van der Waals surface area contributed by atoms with E-state index in [1.165, 1.54) is 36.0 Å². The molecule has 47 heavy (non-hydrogen) atoms. The number of benzene rings is 2. The van der Waals surface area contributed by atoms with Crippen molar-refractivity contribution >= 4 is 5.84 Å². The summed E-state index contributed by atoms with van der Waals surface area (Å²) in [5.74, 6) is 2.76. The third-order valence-electron chi connectivity index (χ3n) is 11.6. The molecule has 1 aliphatic heterocycles. The molecule has 2 aromatic rings. The van der Waals surface area contributed by atoms with E-state index in [0.29, 0.717) is 41.7 Å². The fourth-order valence-corrected chi connectivity index (χ4v) is 9.38. The van der Waals surface area contributed by atoms with Crippen molar-refractivity contribution in [3.63, 3.8) is 0 Å². The topological polar surface area (TPSA) is 65.9 Å². The molecule has 8 unspecified atom stereocenters. The maximum atomic E-state index is 10.8. The SMILES string of the molecule is CCCCC(CC)COC1NC(c2ccccc2O)=NC(C2=CC3C(C=C2)c2ccccc2C32C3=C(CCC=C3)C3C=CC=CC32)N1. The van der Waals surface area contributed by atoms with Crippen LogP contribution in [0.4, 0.5) is 0 Å². The van der Waals surface area contributed by atoms with Crippen LogP contribution in [0.2, 0.25) is 0 Å². The predicted molar refractivity (Wildman–Crippen MR) is 190 cm³/mol. The van der Waals surface area contributed by atoms with Crippen LogP contribution in [0.3, 0.4) is 0 Å². The Bertz CT molecular complexity index is 1740. The minimum atomic E-state index is -0.428. The molecule has 5 nitrogen and oxygen atoms in total. The molecule has 0 fully saturated rings. The molecule has 8 atom stereocenters. The van der Waals surface area contributed by atoms with Crippen LogP contribution in [0, 0.1) is 23.7 Å². The van der Waals surface area contributed by atoms with Gasteiger partial charge in [0.1, 0.15) is 17.8 Å². The highest BCUT2D eigenvalue weighted by atomic mass is 16.5. The van der Waals surface area contributed by atoms with E-state index < -0.39 is 6.35 Å². The zero-order chi connectivity index (χ0) is 32.0. The number of unbranched alkanes of at least 4 members (excludes halogenated alkanes) is 1. The number of aliphatic imine (C=N–C) groups is 1. The Labute approximate surface area is 279 Å². The van der Waals surface area contributed by atoms with Crippen molar-refractivity contribution in [2.75, 3.05) is 6.61 Å². The van der Waals surface area contributed by atoms with Gasteiger partial charge in [0.2, 0.25) is 0 Å². The number of phenols is 1. The van der Waals surface area contributed by atoms with Gasteiger partial charge in [0.05, 0.1) is 12.2 Å². The van der Waals surface area contributed by atoms with Crippen LogP contribution in [0.5, 0.6) is 5.75 Å². The van der Waals surface area contributed by atoms with Gasteiger partial charge in [-0.1, -0.05) is 130 Å². The Morgan fingerprint density at radius 3 is 2.70 bits per heavy atom. The second-order valence-corrected chi connectivity index (χ2v) is 14.1. The first-order chi connectivity index (χ1) is 23.1. The first-order valence-electron chi connectivity index (χ1n) is 17.9. The number of fused-ring (bicyclic) bond motifs is 9. The van der Waals surface area contributed by atoms with Crippen molar-refractivity contribution in [1.29, 1.82) is 0 Å². The lowest BCUT2D eigenvalue weighted by atomic mass is 9.60. The molecule has 3 N–H and O–H groups in total. The van der Waals surface area contributed by atoms with Crippen LogP contribution in [0.15, 0.2) is 125 Å². The number of nitrogens with one attached hydrogen (secondary N) is 2. The molecular weight excluding hydrogens is 578 g/mol. The van der Waals surface area contributed by atoms with Crippen molar-refractivity contribution in [3.8, 4) is 5.75 Å². The number of hydrogen-bond donors (Lipinski definition) is 3. The number of allylic oxidation sites excluding steroid dienone is 10. The summed E-state index contributed by atoms with van der Waals surface area (Å²) in [6.07, 6.45) is 27.8. The van der Waals surface area contributed by atoms with E-state index in [9.17, 15) is 5.11 Å². The van der Waals surface area contributed by atoms with Gasteiger partial charge >= 0.3 is 0 Å². The molecule has 8 rings (SSSR count). The van der Waals surface area contributed by atoms with Gasteiger partial charge in [-0.3, -0.25) is 0 Å². The molecule has 242 valence electrons. The zero-order valence-corrected chi connectivity index (χ0v) is 27.6. The average Bonchev–Trinajstić information content (AvgIpc) is 3.59. The summed E-state index contributed by atoms with van der Waals surface area (Å²) in [4.78, 5) is 5.21. The second kappa shape index (κ2) is 12.6. The minimum absolute atomic E-state index is 0.129. The number of amidine groups is 1. The maximum absolute atomic E-state index is 10.8. The summed E-state index contributed by atoms with van der Waals surface area (Å²) in [6.45, 7) is 5.17. The molecule has 1 spiro atoms. The van der Waals surface area contributed by atoms with Gasteiger partial charge in [-0.25, -0.2) is 10.3 Å². The molecule has 0 saturated heterocycles. The molecule has 5 heteroatoms. The number of hydrogen-bond acceptors (Lipinski definition) is 5. The van der Waals surface area contributed by atoms with Gasteiger partial charge in [0.25, 0.3) is 0 Å². The Balaban J connectivity index is 1.19. The molecule has 0 saturated carbocycles. The van der Waals surface area contributed by atoms with Crippen molar-refractivity contribution in [1.82, 2.24) is 10.6 Å². The Hall–Kier alpha value is -3.93. The van der Waals surface area contributed by atoms with Gasteiger partial charge in [-0.2, -0.15) is 0 Å². The molecule has 6 aliphatic rings. The van der Waals surface area contributed by atoms with E-state index in [1.807, 2.05) is 18.2 Å². The van der Waals surface area contributed by atoms with Crippen molar-refractivity contribution in [2.24, 2.45) is 28.7 Å². The van der Waals surface area contributed by atoms with Gasteiger partial charge < -0.3 is 15.2 Å². The van der Waals surface area contributed by atoms with E-state index in [4.69, 9.17) is 9.73 Å². The van der Waals surface area contributed by atoms with E-state index in [1.54, 1.807) is 11.6 Å². The lowest BCUT2D eigenvalue weighted by Crippen LogP contribution is -2.56. The van der Waals surface area contributed by atoms with Crippen molar-refractivity contribution < 1.29 is 9.84 Å². The number of ether oxygens (including phenoxy) is 1. The molecule has 0 aromatic heterocycles. The highest BCUT2D eigenvalue weighted by Gasteiger charge is 2.62. The quantitative estimate of drug-likeness (QED) is 0.262. The first kappa shape index (κ1) is 30.4. The lowest BCUT2D eigenvalue weighted by Gasteiger charge is -2.43. The van der Waals surface area contributed by atoms with Crippen molar-refractivity contribution in [3.05, 3.63) is 137 Å². The van der Waals surface area contributed by atoms with Gasteiger partial charge in [-0.05, 0) is 59.6 Å². The fourth-order valence-electron chi connectivity index (χ4n) is 9.38. The third-order valence-corrected chi connectivity index (χ3v) is 11.6. The Morgan fingerprint density at radius 2 is 1.83 bits per heavy atom. The predicted octanol–water partition coefficient (Wildman–Crippen LogP) is 8.34. The Kier molecular flexibility index (Phi) is 8.15. The van der Waals surface area contributed by atoms with Gasteiger partial charge in [0.15, 0.2) is 6.35 Å².